The molecular weight excluding hydrogens is 384 g/mol. The second-order valence-electron chi connectivity index (χ2n) is 6.32. The molecule has 27 heavy (non-hydrogen) atoms. The summed E-state index contributed by atoms with van der Waals surface area (Å²) in [5.74, 6) is 0.836. The number of nitrogens with zero attached hydrogens (tertiary/aromatic N) is 4. The fourth-order valence-corrected chi connectivity index (χ4v) is 4.51. The molecule has 1 fully saturated rings. The number of hydrogen-bond donors (Lipinski definition) is 2. The Bertz CT molecular complexity index is 874. The number of ether oxygens (including phenoxy) is 1. The van der Waals surface area contributed by atoms with Crippen molar-refractivity contribution in [2.24, 2.45) is 5.10 Å². The molecule has 2 N–H and O–H groups in total. The number of amides is 1. The summed E-state index contributed by atoms with van der Waals surface area (Å²) in [5, 5.41) is 16.1. The molecule has 0 aliphatic carbocycles. The van der Waals surface area contributed by atoms with E-state index >= 15 is 0 Å². The minimum atomic E-state index is -0.0961. The second-order valence-corrected chi connectivity index (χ2v) is 8.63. The number of carbonyl (C=O) groups is 1. The van der Waals surface area contributed by atoms with Crippen LogP contribution in [0.25, 0.3) is 0 Å². The average molecular weight is 405 g/mol. The van der Waals surface area contributed by atoms with Gasteiger partial charge in [-0.3, -0.25) is 4.79 Å². The molecule has 2 aromatic heterocycles. The van der Waals surface area contributed by atoms with E-state index in [1.807, 2.05) is 31.2 Å². The van der Waals surface area contributed by atoms with E-state index in [1.54, 1.807) is 11.3 Å². The number of amidine groups is 1. The maximum atomic E-state index is 12.1. The van der Waals surface area contributed by atoms with Crippen molar-refractivity contribution in [2.75, 3.05) is 25.0 Å². The predicted molar refractivity (Wildman–Crippen MR) is 106 cm³/mol. The first-order chi connectivity index (χ1) is 13.2. The summed E-state index contributed by atoms with van der Waals surface area (Å²) in [7, 11) is 0. The van der Waals surface area contributed by atoms with E-state index in [2.05, 4.69) is 30.9 Å². The Morgan fingerprint density at radius 1 is 1.41 bits per heavy atom. The Hall–Kier alpha value is -2.46. The normalized spacial score (nSPS) is 18.9. The van der Waals surface area contributed by atoms with Crippen LogP contribution in [-0.4, -0.2) is 52.6 Å². The molecule has 0 saturated carbocycles. The van der Waals surface area contributed by atoms with Crippen molar-refractivity contribution in [2.45, 2.75) is 25.9 Å². The first-order valence-electron chi connectivity index (χ1n) is 8.73. The number of thiophene rings is 1. The van der Waals surface area contributed by atoms with Gasteiger partial charge in [0.2, 0.25) is 11.0 Å². The van der Waals surface area contributed by atoms with E-state index in [4.69, 9.17) is 4.74 Å². The SMILES string of the molecule is Cc1ccc(CC(=O)Nc2nnc(OC3CCN(C4=NNCC=C4)C3)s2)s1. The lowest BCUT2D eigenvalue weighted by molar-refractivity contribution is -0.115. The highest BCUT2D eigenvalue weighted by molar-refractivity contribution is 7.17. The van der Waals surface area contributed by atoms with Crippen LogP contribution in [0.3, 0.4) is 0 Å². The van der Waals surface area contributed by atoms with Crippen molar-refractivity contribution in [3.05, 3.63) is 34.0 Å². The number of nitrogens with one attached hydrogen (secondary N) is 2. The molecule has 2 aliphatic rings. The molecule has 2 aromatic rings. The number of hydrazone groups is 1. The van der Waals surface area contributed by atoms with Crippen LogP contribution in [0.15, 0.2) is 29.4 Å². The third kappa shape index (κ3) is 4.64. The van der Waals surface area contributed by atoms with Crippen molar-refractivity contribution in [1.29, 1.82) is 0 Å². The lowest BCUT2D eigenvalue weighted by Gasteiger charge is -2.19. The lowest BCUT2D eigenvalue weighted by Crippen LogP contribution is -2.32. The van der Waals surface area contributed by atoms with Crippen LogP contribution in [0, 0.1) is 6.92 Å². The van der Waals surface area contributed by atoms with Crippen LogP contribution < -0.4 is 15.5 Å². The van der Waals surface area contributed by atoms with E-state index in [0.717, 1.165) is 36.8 Å². The number of likely N-dealkylation sites (tertiary alicyclic amines) is 1. The van der Waals surface area contributed by atoms with Crippen LogP contribution in [0.4, 0.5) is 5.13 Å². The van der Waals surface area contributed by atoms with Crippen LogP contribution in [0.2, 0.25) is 0 Å². The van der Waals surface area contributed by atoms with E-state index in [9.17, 15) is 4.79 Å². The van der Waals surface area contributed by atoms with Gasteiger partial charge in [0.25, 0.3) is 5.19 Å². The number of rotatable bonds is 5. The Morgan fingerprint density at radius 3 is 3.11 bits per heavy atom. The van der Waals surface area contributed by atoms with E-state index in [1.165, 1.54) is 16.2 Å². The van der Waals surface area contributed by atoms with Gasteiger partial charge in [0, 0.05) is 22.7 Å². The number of anilines is 1. The first kappa shape index (κ1) is 17.9. The molecule has 1 unspecified atom stereocenters. The fourth-order valence-electron chi connectivity index (χ4n) is 2.94. The van der Waals surface area contributed by atoms with Gasteiger partial charge in [-0.2, -0.15) is 5.10 Å². The van der Waals surface area contributed by atoms with Crippen LogP contribution in [0.1, 0.15) is 16.2 Å². The molecule has 2 aliphatic heterocycles. The van der Waals surface area contributed by atoms with E-state index in [0.29, 0.717) is 16.7 Å². The summed E-state index contributed by atoms with van der Waals surface area (Å²) in [6.07, 6.45) is 5.34. The van der Waals surface area contributed by atoms with Crippen LogP contribution in [-0.2, 0) is 11.2 Å². The predicted octanol–water partition coefficient (Wildman–Crippen LogP) is 2.02. The molecule has 4 rings (SSSR count). The maximum absolute atomic E-state index is 12.1. The Kier molecular flexibility index (Phi) is 5.35. The third-order valence-corrected chi connectivity index (χ3v) is 5.92. The van der Waals surface area contributed by atoms with Gasteiger partial charge >= 0.3 is 0 Å². The van der Waals surface area contributed by atoms with Crippen LogP contribution >= 0.6 is 22.7 Å². The summed E-state index contributed by atoms with van der Waals surface area (Å²) in [5.41, 5.74) is 2.98. The van der Waals surface area contributed by atoms with Gasteiger partial charge in [0.05, 0.1) is 19.5 Å². The van der Waals surface area contributed by atoms with Crippen molar-refractivity contribution >= 4 is 39.5 Å². The summed E-state index contributed by atoms with van der Waals surface area (Å²) in [6, 6.07) is 3.99. The summed E-state index contributed by atoms with van der Waals surface area (Å²) < 4.78 is 5.93. The molecule has 0 aromatic carbocycles. The monoisotopic (exact) mass is 404 g/mol. The van der Waals surface area contributed by atoms with Crippen molar-refractivity contribution in [1.82, 2.24) is 20.5 Å². The standard InChI is InChI=1S/C17H20N6O2S2/c1-11-4-5-13(26-11)9-15(24)19-16-21-22-17(27-16)25-12-6-8-23(10-12)14-3-2-7-18-20-14/h2-5,12,18H,6-10H2,1H3,(H,19,21,24). The molecule has 1 amide bonds. The zero-order valence-corrected chi connectivity index (χ0v) is 16.5. The van der Waals surface area contributed by atoms with Gasteiger partial charge < -0.3 is 20.4 Å². The van der Waals surface area contributed by atoms with Gasteiger partial charge in [0.15, 0.2) is 0 Å². The molecule has 142 valence electrons. The third-order valence-electron chi connectivity index (χ3n) is 4.19. The van der Waals surface area contributed by atoms with Gasteiger partial charge in [-0.15, -0.1) is 16.4 Å². The smallest absolute Gasteiger partial charge is 0.296 e. The lowest BCUT2D eigenvalue weighted by atomic mass is 10.3. The molecule has 8 nitrogen and oxygen atoms in total. The molecule has 0 bridgehead atoms. The molecule has 10 heteroatoms. The quantitative estimate of drug-likeness (QED) is 0.792. The second kappa shape index (κ2) is 8.05. The van der Waals surface area contributed by atoms with Gasteiger partial charge in [-0.1, -0.05) is 11.2 Å². The topological polar surface area (TPSA) is 91.7 Å². The highest BCUT2D eigenvalue weighted by Gasteiger charge is 2.27. The number of carbonyl (C=O) groups excluding carboxylic acids is 1. The molecule has 1 atom stereocenters. The zero-order valence-electron chi connectivity index (χ0n) is 14.8. The van der Waals surface area contributed by atoms with Gasteiger partial charge in [-0.25, -0.2) is 0 Å². The van der Waals surface area contributed by atoms with Gasteiger partial charge in [-0.05, 0) is 36.5 Å². The van der Waals surface area contributed by atoms with E-state index < -0.39 is 0 Å². The number of aryl methyl sites for hydroxylation is 1. The van der Waals surface area contributed by atoms with Crippen molar-refractivity contribution in [3.63, 3.8) is 0 Å². The molecular formula is C17H20N6O2S2. The van der Waals surface area contributed by atoms with Gasteiger partial charge in [0.1, 0.15) is 11.9 Å². The largest absolute Gasteiger partial charge is 0.464 e. The highest BCUT2D eigenvalue weighted by atomic mass is 32.1. The highest BCUT2D eigenvalue weighted by Crippen LogP contribution is 2.26. The molecule has 4 heterocycles. The Balaban J connectivity index is 1.27. The fraction of sp³-hybridized carbons (Fsp3) is 0.412. The van der Waals surface area contributed by atoms with Crippen molar-refractivity contribution < 1.29 is 9.53 Å². The summed E-state index contributed by atoms with van der Waals surface area (Å²) >= 11 is 2.88. The molecule has 1 saturated heterocycles. The first-order valence-corrected chi connectivity index (χ1v) is 10.4. The van der Waals surface area contributed by atoms with Crippen LogP contribution in [0.5, 0.6) is 5.19 Å². The van der Waals surface area contributed by atoms with Crippen molar-refractivity contribution in [3.8, 4) is 5.19 Å². The molecule has 0 radical (unpaired) electrons. The Labute approximate surface area is 164 Å². The number of aromatic nitrogens is 2. The number of hydrogen-bond acceptors (Lipinski definition) is 9. The zero-order chi connectivity index (χ0) is 18.6. The summed E-state index contributed by atoms with van der Waals surface area (Å²) in [6.45, 7) is 4.43. The minimum absolute atomic E-state index is 0.0358. The molecule has 0 spiro atoms. The minimum Gasteiger partial charge on any atom is -0.464 e. The summed E-state index contributed by atoms with van der Waals surface area (Å²) in [4.78, 5) is 16.5. The maximum Gasteiger partial charge on any atom is 0.296 e. The van der Waals surface area contributed by atoms with E-state index in [-0.39, 0.29) is 12.0 Å². The average Bonchev–Trinajstić information content (AvgIpc) is 3.39. The Morgan fingerprint density at radius 2 is 2.33 bits per heavy atom.